The molecule has 0 spiro atoms. The Bertz CT molecular complexity index is 822. The third kappa shape index (κ3) is 4.59. The predicted octanol–water partition coefficient (Wildman–Crippen LogP) is 3.34. The minimum absolute atomic E-state index is 0.0984. The van der Waals surface area contributed by atoms with E-state index < -0.39 is 0 Å². The molecule has 2 aromatic heterocycles. The normalized spacial score (nSPS) is 11.0. The van der Waals surface area contributed by atoms with E-state index in [9.17, 15) is 4.79 Å². The van der Waals surface area contributed by atoms with Crippen molar-refractivity contribution in [1.82, 2.24) is 14.7 Å². The van der Waals surface area contributed by atoms with Crippen LogP contribution in [0.15, 0.2) is 54.9 Å². The lowest BCUT2D eigenvalue weighted by atomic mass is 10.2. The highest BCUT2D eigenvalue weighted by molar-refractivity contribution is 5.94. The van der Waals surface area contributed by atoms with Crippen LogP contribution in [0.5, 0.6) is 5.75 Å². The first-order valence-electron chi connectivity index (χ1n) is 8.55. The molecule has 25 heavy (non-hydrogen) atoms. The van der Waals surface area contributed by atoms with Crippen LogP contribution in [0.3, 0.4) is 0 Å². The van der Waals surface area contributed by atoms with Crippen molar-refractivity contribution >= 4 is 11.6 Å². The Labute approximate surface area is 147 Å². The highest BCUT2D eigenvalue weighted by atomic mass is 16.5. The average Bonchev–Trinajstić information content (AvgIpc) is 3.03. The van der Waals surface area contributed by atoms with Crippen LogP contribution in [0, 0.1) is 5.92 Å². The molecule has 0 saturated carbocycles. The zero-order chi connectivity index (χ0) is 17.6. The second-order valence-electron chi connectivity index (χ2n) is 6.44. The van der Waals surface area contributed by atoms with Crippen molar-refractivity contribution in [2.45, 2.75) is 20.3 Å². The lowest BCUT2D eigenvalue weighted by Crippen LogP contribution is -2.25. The molecule has 3 rings (SSSR count). The third-order valence-electron chi connectivity index (χ3n) is 3.76. The van der Waals surface area contributed by atoms with E-state index in [1.54, 1.807) is 12.1 Å². The molecule has 0 aliphatic heterocycles. The number of rotatable bonds is 7. The minimum Gasteiger partial charge on any atom is -0.493 e. The zero-order valence-electron chi connectivity index (χ0n) is 14.6. The van der Waals surface area contributed by atoms with Gasteiger partial charge >= 0.3 is 0 Å². The van der Waals surface area contributed by atoms with Crippen LogP contribution in [0.4, 0.5) is 0 Å². The van der Waals surface area contributed by atoms with Crippen LogP contribution in [-0.2, 0) is 6.42 Å². The van der Waals surface area contributed by atoms with E-state index in [-0.39, 0.29) is 5.91 Å². The van der Waals surface area contributed by atoms with Gasteiger partial charge in [0.2, 0.25) is 0 Å². The molecule has 3 aromatic rings. The van der Waals surface area contributed by atoms with Gasteiger partial charge in [-0.15, -0.1) is 0 Å². The number of carbonyl (C=O) groups is 1. The first-order chi connectivity index (χ1) is 12.1. The molecule has 1 N–H and O–H groups in total. The second-order valence-corrected chi connectivity index (χ2v) is 6.44. The Kier molecular flexibility index (Phi) is 5.33. The highest BCUT2D eigenvalue weighted by Gasteiger charge is 2.08. The zero-order valence-corrected chi connectivity index (χ0v) is 14.6. The fourth-order valence-corrected chi connectivity index (χ4v) is 2.50. The summed E-state index contributed by atoms with van der Waals surface area (Å²) in [5.41, 5.74) is 2.48. The summed E-state index contributed by atoms with van der Waals surface area (Å²) >= 11 is 0. The van der Waals surface area contributed by atoms with Gasteiger partial charge in [0.25, 0.3) is 5.91 Å². The second kappa shape index (κ2) is 7.83. The topological polar surface area (TPSA) is 55.6 Å². The van der Waals surface area contributed by atoms with Gasteiger partial charge in [-0.25, -0.2) is 4.98 Å². The van der Waals surface area contributed by atoms with Gasteiger partial charge in [0.05, 0.1) is 12.3 Å². The van der Waals surface area contributed by atoms with Crippen molar-refractivity contribution in [3.63, 3.8) is 0 Å². The van der Waals surface area contributed by atoms with Crippen LogP contribution in [-0.4, -0.2) is 28.4 Å². The van der Waals surface area contributed by atoms with Crippen molar-refractivity contribution in [3.8, 4) is 5.75 Å². The van der Waals surface area contributed by atoms with E-state index in [1.807, 2.05) is 47.1 Å². The fraction of sp³-hybridized carbons (Fsp3) is 0.300. The van der Waals surface area contributed by atoms with Gasteiger partial charge in [0.1, 0.15) is 11.4 Å². The summed E-state index contributed by atoms with van der Waals surface area (Å²) in [6.07, 6.45) is 4.64. The molecule has 1 aromatic carbocycles. The van der Waals surface area contributed by atoms with Gasteiger partial charge in [-0.3, -0.25) is 4.79 Å². The highest BCUT2D eigenvalue weighted by Crippen LogP contribution is 2.14. The van der Waals surface area contributed by atoms with Crippen LogP contribution in [0.2, 0.25) is 0 Å². The molecule has 0 radical (unpaired) electrons. The van der Waals surface area contributed by atoms with Crippen LogP contribution >= 0.6 is 0 Å². The molecule has 0 aliphatic rings. The molecule has 0 unspecified atom stereocenters. The number of amides is 1. The summed E-state index contributed by atoms with van der Waals surface area (Å²) in [5.74, 6) is 1.07. The number of ether oxygens (including phenoxy) is 1. The monoisotopic (exact) mass is 337 g/mol. The third-order valence-corrected chi connectivity index (χ3v) is 3.76. The van der Waals surface area contributed by atoms with Crippen molar-refractivity contribution in [1.29, 1.82) is 0 Å². The lowest BCUT2D eigenvalue weighted by Gasteiger charge is -2.10. The number of hydrogen-bond acceptors (Lipinski definition) is 3. The van der Waals surface area contributed by atoms with Crippen molar-refractivity contribution in [2.24, 2.45) is 5.92 Å². The number of imidazole rings is 1. The van der Waals surface area contributed by atoms with Crippen molar-refractivity contribution < 1.29 is 9.53 Å². The molecular weight excluding hydrogens is 314 g/mol. The quantitative estimate of drug-likeness (QED) is 0.719. The van der Waals surface area contributed by atoms with Gasteiger partial charge in [0, 0.05) is 30.9 Å². The molecular formula is C20H23N3O2. The Morgan fingerprint density at radius 1 is 1.24 bits per heavy atom. The lowest BCUT2D eigenvalue weighted by molar-refractivity contribution is 0.0953. The maximum absolute atomic E-state index is 12.3. The predicted molar refractivity (Wildman–Crippen MR) is 98.0 cm³/mol. The Morgan fingerprint density at radius 2 is 2.12 bits per heavy atom. The van der Waals surface area contributed by atoms with E-state index in [4.69, 9.17) is 4.74 Å². The summed E-state index contributed by atoms with van der Waals surface area (Å²) in [7, 11) is 0. The van der Waals surface area contributed by atoms with Gasteiger partial charge in [-0.1, -0.05) is 26.0 Å². The number of benzene rings is 1. The SMILES string of the molecule is CC(C)COc1cccc(C(=O)NCCc2cn3ccccc3n2)c1. The van der Waals surface area contributed by atoms with E-state index in [1.165, 1.54) is 0 Å². The van der Waals surface area contributed by atoms with E-state index >= 15 is 0 Å². The summed E-state index contributed by atoms with van der Waals surface area (Å²) < 4.78 is 7.65. The molecule has 0 aliphatic carbocycles. The largest absolute Gasteiger partial charge is 0.493 e. The Morgan fingerprint density at radius 3 is 2.92 bits per heavy atom. The standard InChI is InChI=1S/C20H23N3O2/c1-15(2)14-25-18-7-5-6-16(12-18)20(24)21-10-9-17-13-23-11-4-3-8-19(23)22-17/h3-8,11-13,15H,9-10,14H2,1-2H3,(H,21,24). The fourth-order valence-electron chi connectivity index (χ4n) is 2.50. The van der Waals surface area contributed by atoms with Crippen LogP contribution in [0.25, 0.3) is 5.65 Å². The van der Waals surface area contributed by atoms with E-state index in [0.717, 1.165) is 17.1 Å². The summed E-state index contributed by atoms with van der Waals surface area (Å²) in [5, 5.41) is 2.94. The van der Waals surface area contributed by atoms with Gasteiger partial charge in [0.15, 0.2) is 0 Å². The molecule has 2 heterocycles. The number of carbonyl (C=O) groups excluding carboxylic acids is 1. The van der Waals surface area contributed by atoms with E-state index in [2.05, 4.69) is 24.1 Å². The molecule has 5 heteroatoms. The minimum atomic E-state index is -0.0984. The maximum Gasteiger partial charge on any atom is 0.251 e. The van der Waals surface area contributed by atoms with Gasteiger partial charge in [-0.05, 0) is 36.2 Å². The molecule has 0 bridgehead atoms. The summed E-state index contributed by atoms with van der Waals surface area (Å²) in [6.45, 7) is 5.37. The number of pyridine rings is 1. The number of fused-ring (bicyclic) bond motifs is 1. The summed E-state index contributed by atoms with van der Waals surface area (Å²) in [6, 6.07) is 13.2. The van der Waals surface area contributed by atoms with E-state index in [0.29, 0.717) is 31.1 Å². The molecule has 0 saturated heterocycles. The Balaban J connectivity index is 1.54. The van der Waals surface area contributed by atoms with Gasteiger partial charge < -0.3 is 14.5 Å². The van der Waals surface area contributed by atoms with Crippen LogP contribution in [0.1, 0.15) is 29.9 Å². The van der Waals surface area contributed by atoms with Gasteiger partial charge in [-0.2, -0.15) is 0 Å². The smallest absolute Gasteiger partial charge is 0.251 e. The Hall–Kier alpha value is -2.82. The number of aromatic nitrogens is 2. The number of hydrogen-bond donors (Lipinski definition) is 1. The number of nitrogens with one attached hydrogen (secondary N) is 1. The van der Waals surface area contributed by atoms with Crippen molar-refractivity contribution in [3.05, 3.63) is 66.1 Å². The molecule has 0 fully saturated rings. The summed E-state index contributed by atoms with van der Waals surface area (Å²) in [4.78, 5) is 16.8. The molecule has 5 nitrogen and oxygen atoms in total. The number of nitrogens with zero attached hydrogens (tertiary/aromatic N) is 2. The first kappa shape index (κ1) is 17.0. The molecule has 130 valence electrons. The first-order valence-corrected chi connectivity index (χ1v) is 8.55. The maximum atomic E-state index is 12.3. The average molecular weight is 337 g/mol. The van der Waals surface area contributed by atoms with Crippen LogP contribution < -0.4 is 10.1 Å². The molecule has 1 amide bonds. The molecule has 0 atom stereocenters. The van der Waals surface area contributed by atoms with Crippen molar-refractivity contribution in [2.75, 3.05) is 13.2 Å².